The number of aliphatic hydroxyl groups is 2. The van der Waals surface area contributed by atoms with Gasteiger partial charge in [-0.3, -0.25) is 24.0 Å². The molecule has 13 heteroatoms. The predicted molar refractivity (Wildman–Crippen MR) is 124 cm³/mol. The average molecular weight is 489 g/mol. The minimum atomic E-state index is -1.24. The van der Waals surface area contributed by atoms with Crippen LogP contribution in [0.3, 0.4) is 0 Å². The molecule has 0 spiro atoms. The van der Waals surface area contributed by atoms with Crippen LogP contribution in [0.4, 0.5) is 0 Å². The summed E-state index contributed by atoms with van der Waals surface area (Å²) in [5.74, 6) is -3.69. The molecule has 0 aromatic carbocycles. The zero-order chi connectivity index (χ0) is 26.6. The number of hydrogen-bond acceptors (Lipinski definition) is 8. The van der Waals surface area contributed by atoms with Crippen molar-refractivity contribution < 1.29 is 34.2 Å². The highest BCUT2D eigenvalue weighted by atomic mass is 16.3. The largest absolute Gasteiger partial charge is 0.396 e. The van der Waals surface area contributed by atoms with E-state index in [0.717, 1.165) is 0 Å². The van der Waals surface area contributed by atoms with Crippen LogP contribution in [0.2, 0.25) is 0 Å². The van der Waals surface area contributed by atoms with Crippen LogP contribution in [0.15, 0.2) is 0 Å². The molecule has 0 unspecified atom stereocenters. The van der Waals surface area contributed by atoms with E-state index in [4.69, 9.17) is 5.73 Å². The molecule has 34 heavy (non-hydrogen) atoms. The Morgan fingerprint density at radius 2 is 1.26 bits per heavy atom. The van der Waals surface area contributed by atoms with Crippen molar-refractivity contribution in [3.05, 3.63) is 0 Å². The highest BCUT2D eigenvalue weighted by molar-refractivity contribution is 5.95. The summed E-state index contributed by atoms with van der Waals surface area (Å²) in [6, 6.07) is -5.29. The zero-order valence-electron chi connectivity index (χ0n) is 20.7. The van der Waals surface area contributed by atoms with Crippen LogP contribution in [0.25, 0.3) is 0 Å². The van der Waals surface area contributed by atoms with Crippen molar-refractivity contribution >= 4 is 29.5 Å². The van der Waals surface area contributed by atoms with Crippen molar-refractivity contribution in [1.29, 1.82) is 0 Å². The maximum Gasteiger partial charge on any atom is 0.244 e. The van der Waals surface area contributed by atoms with Crippen molar-refractivity contribution in [2.75, 3.05) is 20.3 Å². The second-order valence-electron chi connectivity index (χ2n) is 8.66. The highest BCUT2D eigenvalue weighted by Crippen LogP contribution is 2.06. The molecule has 0 heterocycles. The molecule has 13 nitrogen and oxygen atoms in total. The molecule has 0 aliphatic rings. The molecule has 5 atom stereocenters. The molecule has 0 aromatic rings. The Morgan fingerprint density at radius 3 is 1.71 bits per heavy atom. The van der Waals surface area contributed by atoms with Crippen LogP contribution in [0.1, 0.15) is 41.0 Å². The first-order valence-corrected chi connectivity index (χ1v) is 11.2. The first-order valence-electron chi connectivity index (χ1n) is 11.2. The molecule has 5 amide bonds. The van der Waals surface area contributed by atoms with Crippen LogP contribution in [-0.4, -0.2) is 90.2 Å². The van der Waals surface area contributed by atoms with E-state index < -0.39 is 73.0 Å². The van der Waals surface area contributed by atoms with Gasteiger partial charge in [0.1, 0.15) is 24.2 Å². The molecule has 0 aromatic heterocycles. The zero-order valence-corrected chi connectivity index (χ0v) is 20.7. The summed E-state index contributed by atoms with van der Waals surface area (Å²) in [5, 5.41) is 30.6. The Morgan fingerprint density at radius 1 is 0.706 bits per heavy atom. The third kappa shape index (κ3) is 10.0. The van der Waals surface area contributed by atoms with Crippen LogP contribution in [-0.2, 0) is 24.0 Å². The Hall–Kier alpha value is -2.77. The normalized spacial score (nSPS) is 15.5. The lowest BCUT2D eigenvalue weighted by Gasteiger charge is -2.27. The standard InChI is InChI=1S/C21H40N6O7/c1-10(2)15(22)20(33)27-16(11(3)4)21(34)24-12(5)17(30)25-13(7-8-28)19(32)26-14(9-29)18(31)23-6/h10-16,28-29H,7-9,22H2,1-6H3,(H,23,31)(H,24,34)(H,25,30)(H,26,32)(H,27,33)/t12-,13-,14-,15-,16-/m0/s1. The van der Waals surface area contributed by atoms with Gasteiger partial charge in [-0.25, -0.2) is 0 Å². The number of carbonyl (C=O) groups excluding carboxylic acids is 5. The summed E-state index contributed by atoms with van der Waals surface area (Å²) in [5.41, 5.74) is 5.83. The van der Waals surface area contributed by atoms with Crippen molar-refractivity contribution in [3.8, 4) is 0 Å². The third-order valence-corrected chi connectivity index (χ3v) is 5.13. The van der Waals surface area contributed by atoms with Crippen LogP contribution in [0.5, 0.6) is 0 Å². The fourth-order valence-corrected chi connectivity index (χ4v) is 2.79. The summed E-state index contributed by atoms with van der Waals surface area (Å²) in [7, 11) is 1.33. The van der Waals surface area contributed by atoms with E-state index in [1.807, 2.05) is 0 Å². The minimum absolute atomic E-state index is 0.135. The molecule has 0 saturated carbocycles. The summed E-state index contributed by atoms with van der Waals surface area (Å²) in [4.78, 5) is 61.8. The summed E-state index contributed by atoms with van der Waals surface area (Å²) in [6.45, 7) is 7.28. The lowest BCUT2D eigenvalue weighted by Crippen LogP contribution is -2.59. The van der Waals surface area contributed by atoms with E-state index in [1.165, 1.54) is 14.0 Å². The number of hydrogen-bond donors (Lipinski definition) is 8. The lowest BCUT2D eigenvalue weighted by molar-refractivity contribution is -0.135. The van der Waals surface area contributed by atoms with Gasteiger partial charge in [0.05, 0.1) is 12.6 Å². The van der Waals surface area contributed by atoms with E-state index >= 15 is 0 Å². The number of amides is 5. The van der Waals surface area contributed by atoms with Crippen LogP contribution >= 0.6 is 0 Å². The Bertz CT molecular complexity index is 716. The number of aliphatic hydroxyl groups excluding tert-OH is 2. The van der Waals surface area contributed by atoms with Crippen molar-refractivity contribution in [3.63, 3.8) is 0 Å². The quantitative estimate of drug-likeness (QED) is 0.124. The third-order valence-electron chi connectivity index (χ3n) is 5.13. The number of nitrogens with one attached hydrogen (secondary N) is 5. The molecule has 196 valence electrons. The molecule has 0 fully saturated rings. The van der Waals surface area contributed by atoms with Gasteiger partial charge in [0, 0.05) is 13.7 Å². The first kappa shape index (κ1) is 31.2. The van der Waals surface area contributed by atoms with Gasteiger partial charge in [-0.2, -0.15) is 0 Å². The second-order valence-corrected chi connectivity index (χ2v) is 8.66. The Balaban J connectivity index is 5.21. The monoisotopic (exact) mass is 488 g/mol. The minimum Gasteiger partial charge on any atom is -0.396 e. The van der Waals surface area contributed by atoms with E-state index in [-0.39, 0.29) is 18.3 Å². The van der Waals surface area contributed by atoms with Gasteiger partial charge < -0.3 is 42.5 Å². The smallest absolute Gasteiger partial charge is 0.244 e. The van der Waals surface area contributed by atoms with Gasteiger partial charge in [0.2, 0.25) is 29.5 Å². The molecule has 0 aliphatic carbocycles. The molecule has 0 radical (unpaired) electrons. The lowest BCUT2D eigenvalue weighted by atomic mass is 10.00. The molecule has 9 N–H and O–H groups in total. The fraction of sp³-hybridized carbons (Fsp3) is 0.762. The van der Waals surface area contributed by atoms with Gasteiger partial charge in [-0.15, -0.1) is 0 Å². The Kier molecular flexibility index (Phi) is 14.0. The molecule has 0 saturated heterocycles. The average Bonchev–Trinajstić information content (AvgIpc) is 2.78. The highest BCUT2D eigenvalue weighted by Gasteiger charge is 2.31. The summed E-state index contributed by atoms with van der Waals surface area (Å²) >= 11 is 0. The van der Waals surface area contributed by atoms with E-state index in [9.17, 15) is 34.2 Å². The van der Waals surface area contributed by atoms with Gasteiger partial charge in [0.15, 0.2) is 0 Å². The topological polar surface area (TPSA) is 212 Å². The van der Waals surface area contributed by atoms with Gasteiger partial charge in [-0.1, -0.05) is 27.7 Å². The molecular weight excluding hydrogens is 448 g/mol. The Labute approximate surface area is 200 Å². The maximum atomic E-state index is 12.7. The number of carbonyl (C=O) groups is 5. The first-order chi connectivity index (χ1) is 15.8. The van der Waals surface area contributed by atoms with E-state index in [1.54, 1.807) is 27.7 Å². The summed E-state index contributed by atoms with van der Waals surface area (Å²) < 4.78 is 0. The second kappa shape index (κ2) is 15.2. The van der Waals surface area contributed by atoms with Gasteiger partial charge in [-0.05, 0) is 25.2 Å². The van der Waals surface area contributed by atoms with Crippen molar-refractivity contribution in [2.24, 2.45) is 17.6 Å². The van der Waals surface area contributed by atoms with E-state index in [0.29, 0.717) is 0 Å². The number of likely N-dealkylation sites (N-methyl/N-ethyl adjacent to an activating group) is 1. The molecule has 0 bridgehead atoms. The number of rotatable bonds is 14. The van der Waals surface area contributed by atoms with Crippen LogP contribution < -0.4 is 32.3 Å². The fourth-order valence-electron chi connectivity index (χ4n) is 2.79. The van der Waals surface area contributed by atoms with Crippen molar-refractivity contribution in [1.82, 2.24) is 26.6 Å². The molecule has 0 rings (SSSR count). The molecule has 0 aliphatic heterocycles. The summed E-state index contributed by atoms with van der Waals surface area (Å²) in [6.07, 6.45) is -0.165. The van der Waals surface area contributed by atoms with Gasteiger partial charge >= 0.3 is 0 Å². The SMILES string of the molecule is CNC(=O)[C@H](CO)NC(=O)[C@H](CCO)NC(=O)[C@H](C)NC(=O)[C@@H](NC(=O)[C@@H](N)C(C)C)C(C)C. The maximum absolute atomic E-state index is 12.7. The van der Waals surface area contributed by atoms with E-state index in [2.05, 4.69) is 26.6 Å². The van der Waals surface area contributed by atoms with Crippen LogP contribution in [0, 0.1) is 11.8 Å². The molecular formula is C21H40N6O7. The number of nitrogens with two attached hydrogens (primary N) is 1. The predicted octanol–water partition coefficient (Wildman–Crippen LogP) is -3.29. The van der Waals surface area contributed by atoms with Crippen molar-refractivity contribution in [2.45, 2.75) is 71.2 Å². The van der Waals surface area contributed by atoms with Gasteiger partial charge in [0.25, 0.3) is 0 Å².